The minimum Gasteiger partial charge on any atom is -0.449 e. The predicted octanol–water partition coefficient (Wildman–Crippen LogP) is 1.71. The van der Waals surface area contributed by atoms with Gasteiger partial charge in [-0.05, 0) is 26.9 Å². The highest BCUT2D eigenvalue weighted by Gasteiger charge is 2.40. The molecule has 1 saturated heterocycles. The van der Waals surface area contributed by atoms with Crippen LogP contribution in [0.15, 0.2) is 0 Å². The second-order valence-corrected chi connectivity index (χ2v) is 5.73. The average molecular weight is 228 g/mol. The normalized spacial score (nSPS) is 31.6. The lowest BCUT2D eigenvalue weighted by atomic mass is 9.74. The van der Waals surface area contributed by atoms with Crippen molar-refractivity contribution in [2.24, 2.45) is 11.3 Å². The van der Waals surface area contributed by atoms with Crippen molar-refractivity contribution in [3.05, 3.63) is 0 Å². The van der Waals surface area contributed by atoms with E-state index in [9.17, 15) is 4.79 Å². The van der Waals surface area contributed by atoms with Gasteiger partial charge in [-0.2, -0.15) is 0 Å². The van der Waals surface area contributed by atoms with Crippen LogP contribution in [0, 0.1) is 11.3 Å². The zero-order chi connectivity index (χ0) is 12.5. The minimum absolute atomic E-state index is 0.00803. The first-order chi connectivity index (χ1) is 7.25. The maximum Gasteiger partial charge on any atom is 0.407 e. The van der Waals surface area contributed by atoms with Crippen molar-refractivity contribution >= 4 is 6.09 Å². The van der Waals surface area contributed by atoms with Crippen molar-refractivity contribution < 1.29 is 9.53 Å². The van der Waals surface area contributed by atoms with Crippen LogP contribution in [0.1, 0.15) is 27.7 Å². The molecule has 0 spiro atoms. The number of carbonyl (C=O) groups is 1. The number of cyclic esters (lactones) is 1. The molecule has 1 amide bonds. The van der Waals surface area contributed by atoms with Crippen LogP contribution in [0.25, 0.3) is 0 Å². The molecule has 0 radical (unpaired) electrons. The van der Waals surface area contributed by atoms with Crippen LogP contribution < -0.4 is 5.32 Å². The van der Waals surface area contributed by atoms with Gasteiger partial charge in [-0.1, -0.05) is 20.8 Å². The number of likely N-dealkylation sites (N-methyl/N-ethyl adjacent to an activating group) is 1. The first-order valence-corrected chi connectivity index (χ1v) is 5.85. The van der Waals surface area contributed by atoms with Gasteiger partial charge in [0, 0.05) is 11.5 Å². The maximum atomic E-state index is 11.5. The third-order valence-corrected chi connectivity index (χ3v) is 3.97. The molecule has 0 aliphatic carbocycles. The van der Waals surface area contributed by atoms with Gasteiger partial charge in [-0.25, -0.2) is 4.79 Å². The lowest BCUT2D eigenvalue weighted by Gasteiger charge is -2.38. The molecule has 16 heavy (non-hydrogen) atoms. The van der Waals surface area contributed by atoms with Crippen molar-refractivity contribution in [1.29, 1.82) is 0 Å². The molecule has 1 aliphatic heterocycles. The zero-order valence-corrected chi connectivity index (χ0v) is 11.2. The third-order valence-electron chi connectivity index (χ3n) is 3.97. The molecule has 0 aromatic rings. The van der Waals surface area contributed by atoms with Gasteiger partial charge in [-0.15, -0.1) is 0 Å². The number of carbonyl (C=O) groups excluding carboxylic acids is 1. The number of hydrogen-bond donors (Lipinski definition) is 1. The van der Waals surface area contributed by atoms with Crippen LogP contribution in [-0.2, 0) is 4.74 Å². The number of nitrogens with zero attached hydrogens (tertiary/aromatic N) is 1. The van der Waals surface area contributed by atoms with Gasteiger partial charge in [-0.3, -0.25) is 0 Å². The fourth-order valence-corrected chi connectivity index (χ4v) is 2.03. The quantitative estimate of drug-likeness (QED) is 0.782. The Morgan fingerprint density at radius 2 is 2.06 bits per heavy atom. The molecular formula is C12H24N2O2. The van der Waals surface area contributed by atoms with Crippen molar-refractivity contribution in [2.75, 3.05) is 20.7 Å². The molecule has 4 heteroatoms. The second kappa shape index (κ2) is 4.62. The topological polar surface area (TPSA) is 41.6 Å². The van der Waals surface area contributed by atoms with E-state index in [0.29, 0.717) is 18.6 Å². The van der Waals surface area contributed by atoms with Gasteiger partial charge >= 0.3 is 6.09 Å². The van der Waals surface area contributed by atoms with Gasteiger partial charge in [0.25, 0.3) is 0 Å². The van der Waals surface area contributed by atoms with Crippen molar-refractivity contribution in [3.8, 4) is 0 Å². The van der Waals surface area contributed by atoms with E-state index in [2.05, 4.69) is 37.9 Å². The van der Waals surface area contributed by atoms with Crippen LogP contribution in [0.5, 0.6) is 0 Å². The summed E-state index contributed by atoms with van der Waals surface area (Å²) < 4.78 is 5.18. The molecule has 0 aromatic heterocycles. The highest BCUT2D eigenvalue weighted by molar-refractivity contribution is 5.68. The summed E-state index contributed by atoms with van der Waals surface area (Å²) in [7, 11) is 4.06. The predicted molar refractivity (Wildman–Crippen MR) is 64.4 cm³/mol. The Labute approximate surface area is 98.3 Å². The Morgan fingerprint density at radius 1 is 1.50 bits per heavy atom. The van der Waals surface area contributed by atoms with Gasteiger partial charge in [0.1, 0.15) is 0 Å². The van der Waals surface area contributed by atoms with Crippen molar-refractivity contribution in [3.63, 3.8) is 0 Å². The molecule has 1 heterocycles. The van der Waals surface area contributed by atoms with Gasteiger partial charge in [0.2, 0.25) is 0 Å². The summed E-state index contributed by atoms with van der Waals surface area (Å²) in [6.45, 7) is 9.08. The van der Waals surface area contributed by atoms with Crippen LogP contribution in [0.2, 0.25) is 0 Å². The monoisotopic (exact) mass is 228 g/mol. The lowest BCUT2D eigenvalue weighted by molar-refractivity contribution is 0.0833. The summed E-state index contributed by atoms with van der Waals surface area (Å²) in [6.07, 6.45) is -0.295. The average Bonchev–Trinajstić information content (AvgIpc) is 2.29. The Morgan fingerprint density at radius 3 is 2.56 bits per heavy atom. The summed E-state index contributed by atoms with van der Waals surface area (Å²) in [5.74, 6) is 0.372. The number of nitrogens with one attached hydrogen (secondary N) is 1. The number of alkyl carbamates (subject to hydrolysis) is 1. The number of hydrogen-bond acceptors (Lipinski definition) is 3. The SMILES string of the molecule is CC1[C@@H]([C@@H](C)N(C)C)NC(=O)OCC1(C)C. The van der Waals surface area contributed by atoms with Crippen LogP contribution in [0.3, 0.4) is 0 Å². The Balaban J connectivity index is 2.91. The molecule has 0 aromatic carbocycles. The molecule has 0 saturated carbocycles. The van der Waals surface area contributed by atoms with Crippen LogP contribution in [-0.4, -0.2) is 43.8 Å². The van der Waals surface area contributed by atoms with E-state index in [-0.39, 0.29) is 17.6 Å². The molecule has 1 unspecified atom stereocenters. The van der Waals surface area contributed by atoms with E-state index < -0.39 is 0 Å². The largest absolute Gasteiger partial charge is 0.449 e. The Hall–Kier alpha value is -0.770. The van der Waals surface area contributed by atoms with E-state index in [0.717, 1.165) is 0 Å². The summed E-state index contributed by atoms with van der Waals surface area (Å²) in [4.78, 5) is 13.6. The van der Waals surface area contributed by atoms with E-state index in [1.54, 1.807) is 0 Å². The zero-order valence-electron chi connectivity index (χ0n) is 11.2. The highest BCUT2D eigenvalue weighted by atomic mass is 16.5. The third kappa shape index (κ3) is 2.67. The number of rotatable bonds is 2. The lowest BCUT2D eigenvalue weighted by Crippen LogP contribution is -2.52. The van der Waals surface area contributed by atoms with Crippen LogP contribution >= 0.6 is 0 Å². The van der Waals surface area contributed by atoms with E-state index in [4.69, 9.17) is 4.74 Å². The molecule has 1 N–H and O–H groups in total. The van der Waals surface area contributed by atoms with Crippen LogP contribution in [0.4, 0.5) is 4.79 Å². The summed E-state index contributed by atoms with van der Waals surface area (Å²) >= 11 is 0. The molecule has 1 aliphatic rings. The molecule has 3 atom stereocenters. The minimum atomic E-state index is -0.295. The summed E-state index contributed by atoms with van der Waals surface area (Å²) in [6, 6.07) is 0.417. The molecule has 0 bridgehead atoms. The fraction of sp³-hybridized carbons (Fsp3) is 0.917. The molecular weight excluding hydrogens is 204 g/mol. The second-order valence-electron chi connectivity index (χ2n) is 5.73. The molecule has 1 rings (SSSR count). The maximum absolute atomic E-state index is 11.5. The van der Waals surface area contributed by atoms with Crippen molar-refractivity contribution in [1.82, 2.24) is 10.2 Å². The smallest absolute Gasteiger partial charge is 0.407 e. The summed E-state index contributed by atoms with van der Waals surface area (Å²) in [5, 5.41) is 2.96. The fourth-order valence-electron chi connectivity index (χ4n) is 2.03. The number of ether oxygens (including phenoxy) is 1. The Kier molecular flexibility index (Phi) is 3.84. The van der Waals surface area contributed by atoms with Crippen molar-refractivity contribution in [2.45, 2.75) is 39.8 Å². The van der Waals surface area contributed by atoms with E-state index in [1.165, 1.54) is 0 Å². The number of amides is 1. The first-order valence-electron chi connectivity index (χ1n) is 5.85. The highest BCUT2D eigenvalue weighted by Crippen LogP contribution is 2.33. The van der Waals surface area contributed by atoms with E-state index >= 15 is 0 Å². The van der Waals surface area contributed by atoms with E-state index in [1.807, 2.05) is 14.1 Å². The van der Waals surface area contributed by atoms with Gasteiger partial charge in [0.15, 0.2) is 0 Å². The molecule has 4 nitrogen and oxygen atoms in total. The van der Waals surface area contributed by atoms with Gasteiger partial charge in [0.05, 0.1) is 12.6 Å². The standard InChI is InChI=1S/C12H24N2O2/c1-8-10(9(2)14(5)6)13-11(15)16-7-12(8,3)4/h8-10H,7H2,1-6H3,(H,13,15)/t8?,9-,10+/m1/s1. The molecule has 1 fully saturated rings. The Bertz CT molecular complexity index is 264. The first kappa shape index (κ1) is 13.3. The van der Waals surface area contributed by atoms with Gasteiger partial charge < -0.3 is 15.0 Å². The molecule has 94 valence electrons. The summed E-state index contributed by atoms with van der Waals surface area (Å²) in [5.41, 5.74) is 0.00803.